The molecular formula is C14H25N3S. The second kappa shape index (κ2) is 6.62. The summed E-state index contributed by atoms with van der Waals surface area (Å²) in [5.74, 6) is 1.69. The summed E-state index contributed by atoms with van der Waals surface area (Å²) in [5, 5.41) is 7.79. The molecule has 1 aliphatic carbocycles. The number of hydrogen-bond acceptors (Lipinski definition) is 4. The number of aryl methyl sites for hydroxylation is 1. The molecule has 0 aromatic carbocycles. The van der Waals surface area contributed by atoms with Gasteiger partial charge in [0, 0.05) is 6.04 Å². The van der Waals surface area contributed by atoms with Gasteiger partial charge in [-0.2, -0.15) is 0 Å². The van der Waals surface area contributed by atoms with Crippen LogP contribution in [-0.2, 0) is 6.42 Å². The van der Waals surface area contributed by atoms with Crippen molar-refractivity contribution in [1.82, 2.24) is 14.9 Å². The van der Waals surface area contributed by atoms with Crippen LogP contribution in [0.3, 0.4) is 0 Å². The highest BCUT2D eigenvalue weighted by molar-refractivity contribution is 7.05. The van der Waals surface area contributed by atoms with Gasteiger partial charge in [-0.05, 0) is 49.7 Å². The normalized spacial score (nSPS) is 26.2. The maximum absolute atomic E-state index is 4.27. The largest absolute Gasteiger partial charge is 0.312 e. The van der Waals surface area contributed by atoms with E-state index in [2.05, 4.69) is 35.8 Å². The van der Waals surface area contributed by atoms with E-state index in [0.29, 0.717) is 6.04 Å². The van der Waals surface area contributed by atoms with Gasteiger partial charge in [-0.25, -0.2) is 0 Å². The van der Waals surface area contributed by atoms with E-state index in [9.17, 15) is 0 Å². The van der Waals surface area contributed by atoms with Gasteiger partial charge in [0.2, 0.25) is 0 Å². The molecule has 0 aliphatic heterocycles. The predicted molar refractivity (Wildman–Crippen MR) is 76.8 cm³/mol. The Labute approximate surface area is 115 Å². The number of hydrogen-bond donors (Lipinski definition) is 1. The summed E-state index contributed by atoms with van der Waals surface area (Å²) >= 11 is 1.59. The summed E-state index contributed by atoms with van der Waals surface area (Å²) < 4.78 is 4.15. The minimum absolute atomic E-state index is 0.467. The molecule has 1 aromatic rings. The third-order valence-electron chi connectivity index (χ3n) is 4.39. The maximum atomic E-state index is 4.27. The minimum Gasteiger partial charge on any atom is -0.312 e. The summed E-state index contributed by atoms with van der Waals surface area (Å²) in [6.45, 7) is 4.50. The number of nitrogens with one attached hydrogen (secondary N) is 1. The summed E-state index contributed by atoms with van der Waals surface area (Å²) in [6, 6.07) is 0.467. The Morgan fingerprint density at radius 2 is 2.22 bits per heavy atom. The zero-order valence-corrected chi connectivity index (χ0v) is 12.6. The molecule has 3 atom stereocenters. The Balaban J connectivity index is 2.13. The molecule has 0 saturated heterocycles. The van der Waals surface area contributed by atoms with E-state index in [1.807, 2.05) is 0 Å². The number of rotatable bonds is 5. The first kappa shape index (κ1) is 13.9. The second-order valence-electron chi connectivity index (χ2n) is 5.40. The van der Waals surface area contributed by atoms with Gasteiger partial charge in [-0.15, -0.1) is 5.10 Å². The van der Waals surface area contributed by atoms with Crippen LogP contribution in [0.2, 0.25) is 0 Å². The van der Waals surface area contributed by atoms with Crippen molar-refractivity contribution < 1.29 is 0 Å². The fourth-order valence-electron chi connectivity index (χ4n) is 3.28. The average Bonchev–Trinajstić information content (AvgIpc) is 2.88. The molecule has 2 rings (SSSR count). The van der Waals surface area contributed by atoms with Crippen molar-refractivity contribution in [3.05, 3.63) is 10.6 Å². The molecule has 3 nitrogen and oxygen atoms in total. The van der Waals surface area contributed by atoms with Crippen LogP contribution < -0.4 is 5.32 Å². The first-order valence-electron chi connectivity index (χ1n) is 7.28. The lowest BCUT2D eigenvalue weighted by Gasteiger charge is -2.33. The molecule has 1 saturated carbocycles. The molecule has 18 heavy (non-hydrogen) atoms. The molecule has 1 aliphatic rings. The van der Waals surface area contributed by atoms with E-state index in [1.54, 1.807) is 11.5 Å². The molecule has 1 aromatic heterocycles. The zero-order valence-electron chi connectivity index (χ0n) is 11.8. The van der Waals surface area contributed by atoms with Crippen LogP contribution in [0.25, 0.3) is 0 Å². The summed E-state index contributed by atoms with van der Waals surface area (Å²) in [6.07, 6.45) is 7.84. The monoisotopic (exact) mass is 267 g/mol. The Hall–Kier alpha value is -0.480. The molecular weight excluding hydrogens is 242 g/mol. The van der Waals surface area contributed by atoms with E-state index < -0.39 is 0 Å². The van der Waals surface area contributed by atoms with Crippen LogP contribution in [0, 0.1) is 11.8 Å². The molecule has 1 heterocycles. The molecule has 0 spiro atoms. The molecule has 0 bridgehead atoms. The Bertz CT molecular complexity index is 364. The molecule has 0 radical (unpaired) electrons. The summed E-state index contributed by atoms with van der Waals surface area (Å²) in [4.78, 5) is 1.38. The minimum atomic E-state index is 0.467. The molecule has 102 valence electrons. The van der Waals surface area contributed by atoms with Crippen molar-refractivity contribution in [2.75, 3.05) is 7.05 Å². The Kier molecular flexibility index (Phi) is 5.13. The quantitative estimate of drug-likeness (QED) is 0.886. The van der Waals surface area contributed by atoms with Crippen molar-refractivity contribution in [2.24, 2.45) is 11.8 Å². The van der Waals surface area contributed by atoms with Crippen LogP contribution in [0.15, 0.2) is 0 Å². The Morgan fingerprint density at radius 3 is 2.89 bits per heavy atom. The van der Waals surface area contributed by atoms with Gasteiger partial charge in [0.1, 0.15) is 0 Å². The van der Waals surface area contributed by atoms with E-state index in [1.165, 1.54) is 42.7 Å². The van der Waals surface area contributed by atoms with E-state index in [0.717, 1.165) is 18.3 Å². The highest BCUT2D eigenvalue weighted by atomic mass is 32.1. The van der Waals surface area contributed by atoms with Gasteiger partial charge in [-0.3, -0.25) is 0 Å². The highest BCUT2D eigenvalue weighted by Gasteiger charge is 2.30. The third-order valence-corrected chi connectivity index (χ3v) is 5.24. The number of nitrogens with zero attached hydrogens (tertiary/aromatic N) is 2. The van der Waals surface area contributed by atoms with Crippen LogP contribution in [0.1, 0.15) is 62.6 Å². The Morgan fingerprint density at radius 1 is 1.39 bits per heavy atom. The van der Waals surface area contributed by atoms with E-state index in [-0.39, 0.29) is 0 Å². The molecule has 1 N–H and O–H groups in total. The first-order valence-corrected chi connectivity index (χ1v) is 8.05. The van der Waals surface area contributed by atoms with Crippen LogP contribution in [0.4, 0.5) is 0 Å². The SMILES string of the molecule is CCc1nnsc1C(NC)C1CCCC(CC)C1. The maximum Gasteiger partial charge on any atom is 0.0801 e. The van der Waals surface area contributed by atoms with Crippen molar-refractivity contribution in [3.8, 4) is 0 Å². The molecule has 4 heteroatoms. The first-order chi connectivity index (χ1) is 8.80. The fourth-order valence-corrected chi connectivity index (χ4v) is 4.23. The van der Waals surface area contributed by atoms with Crippen molar-refractivity contribution in [3.63, 3.8) is 0 Å². The van der Waals surface area contributed by atoms with Gasteiger partial charge < -0.3 is 5.32 Å². The lowest BCUT2D eigenvalue weighted by atomic mass is 9.76. The zero-order chi connectivity index (χ0) is 13.0. The smallest absolute Gasteiger partial charge is 0.0801 e. The average molecular weight is 267 g/mol. The van der Waals surface area contributed by atoms with Crippen molar-refractivity contribution in [1.29, 1.82) is 0 Å². The van der Waals surface area contributed by atoms with E-state index in [4.69, 9.17) is 0 Å². The predicted octanol–water partition coefficient (Wildman–Crippen LogP) is 3.58. The topological polar surface area (TPSA) is 37.8 Å². The summed E-state index contributed by atoms with van der Waals surface area (Å²) in [7, 11) is 2.08. The van der Waals surface area contributed by atoms with Crippen molar-refractivity contribution in [2.45, 2.75) is 58.4 Å². The standard InChI is InChI=1S/C14H25N3S/c1-4-10-7-6-8-11(9-10)13(15-3)14-12(5-2)16-17-18-14/h10-11,13,15H,4-9H2,1-3H3. The van der Waals surface area contributed by atoms with Crippen LogP contribution >= 0.6 is 11.5 Å². The van der Waals surface area contributed by atoms with Gasteiger partial charge in [0.05, 0.1) is 10.6 Å². The lowest BCUT2D eigenvalue weighted by Crippen LogP contribution is -2.29. The molecule has 3 unspecified atom stereocenters. The number of aromatic nitrogens is 2. The van der Waals surface area contributed by atoms with Gasteiger partial charge >= 0.3 is 0 Å². The lowest BCUT2D eigenvalue weighted by molar-refractivity contribution is 0.216. The van der Waals surface area contributed by atoms with Gasteiger partial charge in [0.15, 0.2) is 0 Å². The van der Waals surface area contributed by atoms with Gasteiger partial charge in [0.25, 0.3) is 0 Å². The third kappa shape index (κ3) is 2.91. The molecule has 1 fully saturated rings. The van der Waals surface area contributed by atoms with Crippen LogP contribution in [-0.4, -0.2) is 16.6 Å². The summed E-state index contributed by atoms with van der Waals surface area (Å²) in [5.41, 5.74) is 1.19. The second-order valence-corrected chi connectivity index (χ2v) is 6.19. The highest BCUT2D eigenvalue weighted by Crippen LogP contribution is 2.39. The van der Waals surface area contributed by atoms with Gasteiger partial charge in [-0.1, -0.05) is 37.6 Å². The van der Waals surface area contributed by atoms with Crippen LogP contribution in [0.5, 0.6) is 0 Å². The van der Waals surface area contributed by atoms with Crippen molar-refractivity contribution >= 4 is 11.5 Å². The van der Waals surface area contributed by atoms with E-state index >= 15 is 0 Å². The fraction of sp³-hybridized carbons (Fsp3) is 0.857. The molecule has 0 amide bonds.